The van der Waals surface area contributed by atoms with Crippen LogP contribution in [-0.4, -0.2) is 5.24 Å². The monoisotopic (exact) mass is 258 g/mol. The van der Waals surface area contributed by atoms with Crippen molar-refractivity contribution in [1.82, 2.24) is 0 Å². The molecule has 18 heavy (non-hydrogen) atoms. The van der Waals surface area contributed by atoms with Crippen LogP contribution < -0.4 is 0 Å². The summed E-state index contributed by atoms with van der Waals surface area (Å²) in [5.41, 5.74) is 1.23. The molecule has 2 nitrogen and oxygen atoms in total. The second-order valence-corrected chi connectivity index (χ2v) is 4.04. The Labute approximate surface area is 110 Å². The third-order valence-corrected chi connectivity index (χ3v) is 2.63. The normalized spacial score (nSPS) is 10.7. The van der Waals surface area contributed by atoms with Gasteiger partial charge in [0.1, 0.15) is 11.5 Å². The molecule has 0 saturated carbocycles. The smallest absolute Gasteiger partial charge is 0.255 e. The van der Waals surface area contributed by atoms with Crippen molar-refractivity contribution >= 4 is 34.6 Å². The molecule has 1 aromatic heterocycles. The first kappa shape index (κ1) is 12.4. The van der Waals surface area contributed by atoms with E-state index in [9.17, 15) is 4.79 Å². The molecule has 0 N–H and O–H groups in total. The van der Waals surface area contributed by atoms with Crippen molar-refractivity contribution in [3.05, 3.63) is 66.1 Å². The van der Waals surface area contributed by atoms with E-state index in [2.05, 4.69) is 6.58 Å². The molecule has 0 saturated heterocycles. The zero-order valence-electron chi connectivity index (χ0n) is 9.60. The maximum absolute atomic E-state index is 10.9. The third kappa shape index (κ3) is 2.99. The number of carbonyl (C=O) groups excluding carboxylic acids is 1. The van der Waals surface area contributed by atoms with Crippen LogP contribution in [0.5, 0.6) is 0 Å². The van der Waals surface area contributed by atoms with Crippen molar-refractivity contribution in [3.63, 3.8) is 0 Å². The first-order chi connectivity index (χ1) is 8.66. The fourth-order valence-electron chi connectivity index (χ4n) is 1.44. The number of hydrogen-bond acceptors (Lipinski definition) is 2. The molecule has 1 aromatic carbocycles. The Hall–Kier alpha value is -2.06. The van der Waals surface area contributed by atoms with Crippen molar-refractivity contribution < 1.29 is 9.21 Å². The second kappa shape index (κ2) is 5.52. The molecular weight excluding hydrogens is 248 g/mol. The summed E-state index contributed by atoms with van der Waals surface area (Å²) in [4.78, 5) is 10.9. The Morgan fingerprint density at radius 2 is 1.83 bits per heavy atom. The number of allylic oxidation sites excluding steroid dienone is 1. The zero-order chi connectivity index (χ0) is 13.0. The van der Waals surface area contributed by atoms with Gasteiger partial charge in [-0.25, -0.2) is 0 Å². The van der Waals surface area contributed by atoms with E-state index in [0.29, 0.717) is 11.5 Å². The van der Waals surface area contributed by atoms with Gasteiger partial charge in [0.15, 0.2) is 0 Å². The first-order valence-corrected chi connectivity index (χ1v) is 5.76. The number of halogens is 1. The van der Waals surface area contributed by atoms with Gasteiger partial charge in [0.05, 0.1) is 5.57 Å². The van der Waals surface area contributed by atoms with Crippen LogP contribution in [0.3, 0.4) is 0 Å². The quantitative estimate of drug-likeness (QED) is 0.607. The minimum absolute atomic E-state index is 0.163. The molecule has 1 heterocycles. The topological polar surface area (TPSA) is 30.2 Å². The van der Waals surface area contributed by atoms with Crippen LogP contribution >= 0.6 is 11.6 Å². The molecule has 2 aromatic rings. The first-order valence-electron chi connectivity index (χ1n) is 5.39. The van der Waals surface area contributed by atoms with Crippen LogP contribution in [-0.2, 0) is 4.79 Å². The summed E-state index contributed by atoms with van der Waals surface area (Å²) in [6, 6.07) is 13.3. The Morgan fingerprint density at radius 1 is 1.11 bits per heavy atom. The summed E-state index contributed by atoms with van der Waals surface area (Å²) < 4.78 is 5.44. The molecule has 90 valence electrons. The van der Waals surface area contributed by atoms with Crippen LogP contribution in [0.1, 0.15) is 17.1 Å². The largest absolute Gasteiger partial charge is 0.457 e. The highest BCUT2D eigenvalue weighted by atomic mass is 35.5. The molecule has 0 aliphatic rings. The van der Waals surface area contributed by atoms with E-state index >= 15 is 0 Å². The summed E-state index contributed by atoms with van der Waals surface area (Å²) in [5.74, 6) is 1.04. The summed E-state index contributed by atoms with van der Waals surface area (Å²) in [5, 5.41) is -0.608. The van der Waals surface area contributed by atoms with Gasteiger partial charge in [-0.15, -0.1) is 0 Å². The van der Waals surface area contributed by atoms with Gasteiger partial charge in [0, 0.05) is 0 Å². The van der Waals surface area contributed by atoms with Crippen LogP contribution in [0.4, 0.5) is 0 Å². The lowest BCUT2D eigenvalue weighted by atomic mass is 10.2. The van der Waals surface area contributed by atoms with Gasteiger partial charge in [-0.05, 0) is 35.4 Å². The fourth-order valence-corrected chi connectivity index (χ4v) is 1.54. The van der Waals surface area contributed by atoms with Crippen LogP contribution in [0, 0.1) is 0 Å². The van der Waals surface area contributed by atoms with Gasteiger partial charge in [-0.3, -0.25) is 4.79 Å². The molecule has 3 heteroatoms. The van der Waals surface area contributed by atoms with Gasteiger partial charge in [-0.2, -0.15) is 0 Å². The average molecular weight is 259 g/mol. The van der Waals surface area contributed by atoms with E-state index < -0.39 is 5.24 Å². The molecule has 0 radical (unpaired) electrons. The maximum Gasteiger partial charge on any atom is 0.255 e. The van der Waals surface area contributed by atoms with Gasteiger partial charge in [-0.1, -0.05) is 43.0 Å². The summed E-state index contributed by atoms with van der Waals surface area (Å²) in [7, 11) is 0. The Bertz CT molecular complexity index is 594. The van der Waals surface area contributed by atoms with E-state index in [0.717, 1.165) is 5.56 Å². The predicted molar refractivity (Wildman–Crippen MR) is 74.0 cm³/mol. The molecule has 0 aliphatic heterocycles. The van der Waals surface area contributed by atoms with Crippen molar-refractivity contribution in [2.45, 2.75) is 0 Å². The maximum atomic E-state index is 10.9. The SMILES string of the molecule is C=C(C(=O)Cl)c1ccc(C=Cc2ccccc2)o1. The zero-order valence-corrected chi connectivity index (χ0v) is 10.4. The van der Waals surface area contributed by atoms with Crippen molar-refractivity contribution in [1.29, 1.82) is 0 Å². The minimum Gasteiger partial charge on any atom is -0.457 e. The van der Waals surface area contributed by atoms with E-state index in [1.807, 2.05) is 42.5 Å². The fraction of sp³-hybridized carbons (Fsp3) is 0. The lowest BCUT2D eigenvalue weighted by Gasteiger charge is -1.93. The lowest BCUT2D eigenvalue weighted by Crippen LogP contribution is -1.87. The van der Waals surface area contributed by atoms with E-state index in [-0.39, 0.29) is 5.57 Å². The molecular formula is C15H11ClO2. The summed E-state index contributed by atoms with van der Waals surface area (Å²) in [6.45, 7) is 3.56. The minimum atomic E-state index is -0.608. The average Bonchev–Trinajstić information content (AvgIpc) is 2.85. The standard InChI is InChI=1S/C15H11ClO2/c1-11(15(16)17)14-10-9-13(18-14)8-7-12-5-3-2-4-6-12/h2-10H,1H2. The van der Waals surface area contributed by atoms with Crippen LogP contribution in [0.25, 0.3) is 17.7 Å². The molecule has 0 aliphatic carbocycles. The van der Waals surface area contributed by atoms with Gasteiger partial charge >= 0.3 is 0 Å². The van der Waals surface area contributed by atoms with Crippen molar-refractivity contribution in [3.8, 4) is 0 Å². The van der Waals surface area contributed by atoms with Gasteiger partial charge in [0.25, 0.3) is 5.24 Å². The molecule has 0 unspecified atom stereocenters. The highest BCUT2D eigenvalue weighted by Gasteiger charge is 2.09. The molecule has 0 bridgehead atoms. The Balaban J connectivity index is 2.14. The molecule has 2 rings (SSSR count). The van der Waals surface area contributed by atoms with Gasteiger partial charge in [0.2, 0.25) is 0 Å². The highest BCUT2D eigenvalue weighted by molar-refractivity contribution is 6.74. The summed E-state index contributed by atoms with van der Waals surface area (Å²) in [6.07, 6.45) is 3.75. The Morgan fingerprint density at radius 3 is 2.50 bits per heavy atom. The van der Waals surface area contributed by atoms with Crippen LogP contribution in [0.15, 0.2) is 53.5 Å². The number of carbonyl (C=O) groups is 1. The van der Waals surface area contributed by atoms with Gasteiger partial charge < -0.3 is 4.42 Å². The number of furan rings is 1. The van der Waals surface area contributed by atoms with Crippen molar-refractivity contribution in [2.75, 3.05) is 0 Å². The van der Waals surface area contributed by atoms with Crippen LogP contribution in [0.2, 0.25) is 0 Å². The third-order valence-electron chi connectivity index (χ3n) is 2.40. The molecule has 0 spiro atoms. The van der Waals surface area contributed by atoms with E-state index in [1.165, 1.54) is 0 Å². The molecule has 0 fully saturated rings. The molecule has 0 amide bonds. The van der Waals surface area contributed by atoms with E-state index in [4.69, 9.17) is 16.0 Å². The molecule has 0 atom stereocenters. The number of benzene rings is 1. The second-order valence-electron chi connectivity index (χ2n) is 3.70. The number of hydrogen-bond donors (Lipinski definition) is 0. The van der Waals surface area contributed by atoms with Crippen molar-refractivity contribution in [2.24, 2.45) is 0 Å². The predicted octanol–water partition coefficient (Wildman–Crippen LogP) is 4.23. The highest BCUT2D eigenvalue weighted by Crippen LogP contribution is 2.19. The Kier molecular flexibility index (Phi) is 3.80. The number of rotatable bonds is 4. The van der Waals surface area contributed by atoms with E-state index in [1.54, 1.807) is 12.1 Å². The summed E-state index contributed by atoms with van der Waals surface area (Å²) >= 11 is 5.33. The lowest BCUT2D eigenvalue weighted by molar-refractivity contribution is -0.106.